The Kier molecular flexibility index (Phi) is 4.47. The van der Waals surface area contributed by atoms with E-state index in [2.05, 4.69) is 24.4 Å². The molecule has 118 valence electrons. The van der Waals surface area contributed by atoms with E-state index in [4.69, 9.17) is 0 Å². The van der Waals surface area contributed by atoms with Gasteiger partial charge in [-0.3, -0.25) is 4.79 Å². The molecule has 2 aromatic rings. The van der Waals surface area contributed by atoms with Crippen LogP contribution in [-0.4, -0.2) is 11.9 Å². The van der Waals surface area contributed by atoms with Crippen molar-refractivity contribution < 1.29 is 4.79 Å². The van der Waals surface area contributed by atoms with E-state index < -0.39 is 0 Å². The fraction of sp³-hybridized carbons (Fsp3) is 0.250. The van der Waals surface area contributed by atoms with Crippen LogP contribution in [0.5, 0.6) is 0 Å². The number of nitrogens with zero attached hydrogens (tertiary/aromatic N) is 1. The zero-order valence-corrected chi connectivity index (χ0v) is 13.6. The number of hydrogen-bond acceptors (Lipinski definition) is 2. The lowest BCUT2D eigenvalue weighted by Crippen LogP contribution is -2.40. The third kappa shape index (κ3) is 3.14. The standard InChI is InChI=1S/C20H22N2O/c1-3-9-20(23)22-15(2)14-18(17-12-7-8-13-19(17)22)21-16-10-5-4-6-11-16/h4-8,10-15,21H,3,9H2,1-2H3. The summed E-state index contributed by atoms with van der Waals surface area (Å²) in [4.78, 5) is 14.4. The summed E-state index contributed by atoms with van der Waals surface area (Å²) in [6.07, 6.45) is 3.57. The van der Waals surface area contributed by atoms with Gasteiger partial charge in [0.2, 0.25) is 5.91 Å². The molecule has 1 aliphatic rings. The Morgan fingerprint density at radius 2 is 1.78 bits per heavy atom. The summed E-state index contributed by atoms with van der Waals surface area (Å²) < 4.78 is 0. The first-order valence-electron chi connectivity index (χ1n) is 8.16. The van der Waals surface area contributed by atoms with Gasteiger partial charge >= 0.3 is 0 Å². The highest BCUT2D eigenvalue weighted by molar-refractivity contribution is 6.00. The van der Waals surface area contributed by atoms with E-state index in [-0.39, 0.29) is 11.9 Å². The normalized spacial score (nSPS) is 16.5. The van der Waals surface area contributed by atoms with Crippen molar-refractivity contribution in [2.45, 2.75) is 32.7 Å². The van der Waals surface area contributed by atoms with Crippen LogP contribution in [0.2, 0.25) is 0 Å². The average molecular weight is 306 g/mol. The van der Waals surface area contributed by atoms with Crippen LogP contribution in [0.3, 0.4) is 0 Å². The average Bonchev–Trinajstić information content (AvgIpc) is 2.56. The van der Waals surface area contributed by atoms with Crippen molar-refractivity contribution in [2.24, 2.45) is 0 Å². The number of rotatable bonds is 4. The molecule has 3 nitrogen and oxygen atoms in total. The van der Waals surface area contributed by atoms with Gasteiger partial charge in [0.1, 0.15) is 0 Å². The van der Waals surface area contributed by atoms with E-state index in [1.165, 1.54) is 0 Å². The quantitative estimate of drug-likeness (QED) is 0.890. The lowest BCUT2D eigenvalue weighted by atomic mass is 9.99. The Hall–Kier alpha value is -2.55. The maximum atomic E-state index is 12.5. The lowest BCUT2D eigenvalue weighted by molar-refractivity contribution is -0.118. The van der Waals surface area contributed by atoms with Crippen molar-refractivity contribution in [2.75, 3.05) is 10.2 Å². The number of fused-ring (bicyclic) bond motifs is 1. The molecule has 1 atom stereocenters. The van der Waals surface area contributed by atoms with Crippen LogP contribution in [0.1, 0.15) is 32.3 Å². The first kappa shape index (κ1) is 15.3. The minimum Gasteiger partial charge on any atom is -0.355 e. The van der Waals surface area contributed by atoms with Gasteiger partial charge < -0.3 is 10.2 Å². The highest BCUT2D eigenvalue weighted by Crippen LogP contribution is 2.35. The molecule has 0 saturated heterocycles. The predicted octanol–water partition coefficient (Wildman–Crippen LogP) is 4.67. The van der Waals surface area contributed by atoms with E-state index in [1.807, 2.05) is 60.4 Å². The number of amides is 1. The number of para-hydroxylation sites is 2. The van der Waals surface area contributed by atoms with Crippen molar-refractivity contribution in [3.05, 3.63) is 66.2 Å². The molecule has 0 fully saturated rings. The van der Waals surface area contributed by atoms with Gasteiger partial charge in [0.15, 0.2) is 0 Å². The first-order valence-corrected chi connectivity index (χ1v) is 8.16. The Morgan fingerprint density at radius 3 is 2.52 bits per heavy atom. The van der Waals surface area contributed by atoms with Crippen LogP contribution >= 0.6 is 0 Å². The monoisotopic (exact) mass is 306 g/mol. The van der Waals surface area contributed by atoms with Gasteiger partial charge in [-0.05, 0) is 37.6 Å². The van der Waals surface area contributed by atoms with Crippen molar-refractivity contribution in [1.82, 2.24) is 0 Å². The summed E-state index contributed by atoms with van der Waals surface area (Å²) in [7, 11) is 0. The maximum absolute atomic E-state index is 12.5. The molecule has 1 unspecified atom stereocenters. The van der Waals surface area contributed by atoms with Gasteiger partial charge in [-0.1, -0.05) is 43.3 Å². The minimum absolute atomic E-state index is 0.0372. The molecule has 3 heteroatoms. The second kappa shape index (κ2) is 6.69. The van der Waals surface area contributed by atoms with E-state index in [0.29, 0.717) is 6.42 Å². The molecular weight excluding hydrogens is 284 g/mol. The molecule has 1 amide bonds. The summed E-state index contributed by atoms with van der Waals surface area (Å²) >= 11 is 0. The topological polar surface area (TPSA) is 32.3 Å². The van der Waals surface area contributed by atoms with Crippen LogP contribution in [0.25, 0.3) is 5.70 Å². The molecule has 1 aliphatic heterocycles. The summed E-state index contributed by atoms with van der Waals surface area (Å²) in [5.74, 6) is 0.183. The summed E-state index contributed by atoms with van der Waals surface area (Å²) in [5.41, 5.74) is 4.16. The molecule has 2 aromatic carbocycles. The summed E-state index contributed by atoms with van der Waals surface area (Å²) in [6.45, 7) is 4.10. The van der Waals surface area contributed by atoms with Gasteiger partial charge in [-0.2, -0.15) is 0 Å². The van der Waals surface area contributed by atoms with Crippen LogP contribution < -0.4 is 10.2 Å². The molecule has 1 heterocycles. The maximum Gasteiger partial charge on any atom is 0.227 e. The number of carbonyl (C=O) groups excluding carboxylic acids is 1. The Labute approximate surface area is 137 Å². The van der Waals surface area contributed by atoms with Gasteiger partial charge in [-0.25, -0.2) is 0 Å². The summed E-state index contributed by atoms with van der Waals surface area (Å²) in [6, 6.07) is 18.2. The zero-order chi connectivity index (χ0) is 16.2. The van der Waals surface area contributed by atoms with E-state index in [1.54, 1.807) is 0 Å². The van der Waals surface area contributed by atoms with Crippen LogP contribution in [0, 0.1) is 0 Å². The Bertz CT molecular complexity index is 721. The lowest BCUT2D eigenvalue weighted by Gasteiger charge is -2.34. The van der Waals surface area contributed by atoms with Gasteiger partial charge in [-0.15, -0.1) is 0 Å². The molecular formula is C20H22N2O. The molecule has 23 heavy (non-hydrogen) atoms. The van der Waals surface area contributed by atoms with Crippen LogP contribution in [0.15, 0.2) is 60.7 Å². The molecule has 0 radical (unpaired) electrons. The van der Waals surface area contributed by atoms with E-state index in [9.17, 15) is 4.79 Å². The molecule has 0 aliphatic carbocycles. The highest BCUT2D eigenvalue weighted by atomic mass is 16.2. The van der Waals surface area contributed by atoms with Crippen molar-refractivity contribution in [3.63, 3.8) is 0 Å². The molecule has 1 N–H and O–H groups in total. The largest absolute Gasteiger partial charge is 0.355 e. The molecule has 0 bridgehead atoms. The third-order valence-electron chi connectivity index (χ3n) is 4.05. The van der Waals surface area contributed by atoms with Gasteiger partial charge in [0.25, 0.3) is 0 Å². The number of benzene rings is 2. The second-order valence-corrected chi connectivity index (χ2v) is 5.84. The Balaban J connectivity index is 1.97. The highest BCUT2D eigenvalue weighted by Gasteiger charge is 2.27. The number of hydrogen-bond donors (Lipinski definition) is 1. The zero-order valence-electron chi connectivity index (χ0n) is 13.6. The van der Waals surface area contributed by atoms with Crippen LogP contribution in [0.4, 0.5) is 11.4 Å². The first-order chi connectivity index (χ1) is 11.2. The van der Waals surface area contributed by atoms with Crippen molar-refractivity contribution >= 4 is 23.0 Å². The molecule has 0 spiro atoms. The van der Waals surface area contributed by atoms with Gasteiger partial charge in [0, 0.05) is 23.4 Å². The number of carbonyl (C=O) groups is 1. The smallest absolute Gasteiger partial charge is 0.227 e. The second-order valence-electron chi connectivity index (χ2n) is 5.84. The minimum atomic E-state index is 0.0372. The number of nitrogens with one attached hydrogen (secondary N) is 1. The third-order valence-corrected chi connectivity index (χ3v) is 4.05. The van der Waals surface area contributed by atoms with E-state index in [0.717, 1.165) is 29.1 Å². The van der Waals surface area contributed by atoms with Crippen molar-refractivity contribution in [3.8, 4) is 0 Å². The Morgan fingerprint density at radius 1 is 1.09 bits per heavy atom. The summed E-state index contributed by atoms with van der Waals surface area (Å²) in [5, 5.41) is 3.48. The van der Waals surface area contributed by atoms with Crippen LogP contribution in [-0.2, 0) is 4.79 Å². The van der Waals surface area contributed by atoms with Gasteiger partial charge in [0.05, 0.1) is 11.7 Å². The fourth-order valence-corrected chi connectivity index (χ4v) is 3.02. The SMILES string of the molecule is CCCC(=O)N1c2ccccc2C(Nc2ccccc2)=CC1C. The fourth-order valence-electron chi connectivity index (χ4n) is 3.02. The van der Waals surface area contributed by atoms with E-state index >= 15 is 0 Å². The van der Waals surface area contributed by atoms with Crippen molar-refractivity contribution in [1.29, 1.82) is 0 Å². The molecule has 0 saturated carbocycles. The number of anilines is 2. The molecule has 0 aromatic heterocycles. The molecule has 3 rings (SSSR count). The predicted molar refractivity (Wildman–Crippen MR) is 96.3 cm³/mol.